The van der Waals surface area contributed by atoms with Crippen LogP contribution < -0.4 is 4.74 Å². The Morgan fingerprint density at radius 2 is 1.58 bits per heavy atom. The topological polar surface area (TPSA) is 46.2 Å². The monoisotopic (exact) mass is 636 g/mol. The fraction of sp³-hybridized carbons (Fsp3) is 0.590. The number of hydrogen-bond acceptors (Lipinski definition) is 6. The van der Waals surface area contributed by atoms with Gasteiger partial charge in [0.25, 0.3) is 0 Å². The van der Waals surface area contributed by atoms with Crippen LogP contribution in [0.1, 0.15) is 113 Å². The highest BCUT2D eigenvalue weighted by atomic mass is 32.1. The van der Waals surface area contributed by atoms with Gasteiger partial charge in [0, 0.05) is 47.8 Å². The van der Waals surface area contributed by atoms with Gasteiger partial charge >= 0.3 is 0 Å². The van der Waals surface area contributed by atoms with Crippen molar-refractivity contribution in [2.45, 2.75) is 116 Å². The third-order valence-electron chi connectivity index (χ3n) is 8.48. The van der Waals surface area contributed by atoms with E-state index >= 15 is 0 Å². The summed E-state index contributed by atoms with van der Waals surface area (Å²) in [5.74, 6) is 0.854. The van der Waals surface area contributed by atoms with Crippen LogP contribution >= 0.6 is 11.3 Å². The number of ether oxygens (including phenoxy) is 5. The van der Waals surface area contributed by atoms with Gasteiger partial charge in [-0.25, -0.2) is 0 Å². The molecule has 2 aromatic carbocycles. The van der Waals surface area contributed by atoms with Crippen LogP contribution in [-0.4, -0.2) is 51.3 Å². The molecule has 1 aliphatic rings. The minimum atomic E-state index is -0.335. The molecule has 6 heteroatoms. The lowest BCUT2D eigenvalue weighted by molar-refractivity contribution is -0.213. The first-order valence-electron chi connectivity index (χ1n) is 17.5. The molecule has 45 heavy (non-hydrogen) atoms. The number of benzene rings is 2. The highest BCUT2D eigenvalue weighted by molar-refractivity contribution is 7.19. The van der Waals surface area contributed by atoms with Crippen molar-refractivity contribution < 1.29 is 23.7 Å². The minimum absolute atomic E-state index is 0.0828. The summed E-state index contributed by atoms with van der Waals surface area (Å²) >= 11 is 1.85. The molecule has 1 aliphatic heterocycles. The zero-order chi connectivity index (χ0) is 31.9. The Morgan fingerprint density at radius 1 is 0.867 bits per heavy atom. The second-order valence-corrected chi connectivity index (χ2v) is 13.4. The molecule has 0 unspecified atom stereocenters. The number of unbranched alkanes of at least 4 members (excludes halogenated alkanes) is 4. The zero-order valence-corrected chi connectivity index (χ0v) is 29.0. The van der Waals surface area contributed by atoms with Crippen LogP contribution in [0, 0.1) is 0 Å². The Morgan fingerprint density at radius 3 is 2.31 bits per heavy atom. The van der Waals surface area contributed by atoms with Gasteiger partial charge in [0.2, 0.25) is 0 Å². The van der Waals surface area contributed by atoms with E-state index in [-0.39, 0.29) is 24.4 Å². The second-order valence-electron chi connectivity index (χ2n) is 12.2. The van der Waals surface area contributed by atoms with Gasteiger partial charge in [-0.15, -0.1) is 11.3 Å². The first-order valence-corrected chi connectivity index (χ1v) is 18.3. The summed E-state index contributed by atoms with van der Waals surface area (Å²) in [7, 11) is 0. The Balaban J connectivity index is 1.74. The van der Waals surface area contributed by atoms with E-state index in [9.17, 15) is 0 Å². The van der Waals surface area contributed by atoms with E-state index < -0.39 is 0 Å². The van der Waals surface area contributed by atoms with E-state index in [0.29, 0.717) is 19.8 Å². The zero-order valence-electron chi connectivity index (χ0n) is 28.2. The number of fused-ring (bicyclic) bond motifs is 1. The third-order valence-corrected chi connectivity index (χ3v) is 9.59. The Bertz CT molecular complexity index is 1250. The van der Waals surface area contributed by atoms with Crippen LogP contribution in [0.4, 0.5) is 0 Å². The van der Waals surface area contributed by atoms with Crippen LogP contribution in [0.25, 0.3) is 16.2 Å². The summed E-state index contributed by atoms with van der Waals surface area (Å²) in [5, 5.41) is 1.29. The van der Waals surface area contributed by atoms with Crippen molar-refractivity contribution in [1.29, 1.82) is 0 Å². The van der Waals surface area contributed by atoms with Gasteiger partial charge in [-0.1, -0.05) is 84.2 Å². The molecule has 1 fully saturated rings. The van der Waals surface area contributed by atoms with Gasteiger partial charge in [-0.2, -0.15) is 0 Å². The average molecular weight is 637 g/mol. The molecule has 1 aromatic heterocycles. The summed E-state index contributed by atoms with van der Waals surface area (Å²) in [6, 6.07) is 15.4. The third kappa shape index (κ3) is 10.4. The summed E-state index contributed by atoms with van der Waals surface area (Å²) < 4.78 is 34.2. The van der Waals surface area contributed by atoms with Crippen molar-refractivity contribution in [2.24, 2.45) is 0 Å². The molecule has 0 radical (unpaired) electrons. The predicted molar refractivity (Wildman–Crippen MR) is 189 cm³/mol. The number of thiophene rings is 1. The fourth-order valence-electron chi connectivity index (χ4n) is 5.84. The molecule has 0 bridgehead atoms. The van der Waals surface area contributed by atoms with E-state index in [2.05, 4.69) is 76.7 Å². The first-order chi connectivity index (χ1) is 22.1. The van der Waals surface area contributed by atoms with Crippen molar-refractivity contribution in [3.8, 4) is 5.75 Å². The standard InChI is InChI=1S/C39H56O5S/c1-6-11-19-40-28-32-27-36(42-21-13-8-3)39(43-22-14-9-4)38(44-32)34-25-31(29(10-5)26-35(34)41-20-12-7-2)24-33-23-30-17-15-16-18-37(30)45-33/h10,15-18,23,25-26,32,36,38-39H,5-9,11-14,19-22,24,27-28H2,1-4H3/t32-,36-,38-,39+/m0/s1. The van der Waals surface area contributed by atoms with Gasteiger partial charge in [-0.05, 0) is 66.5 Å². The van der Waals surface area contributed by atoms with E-state index in [4.69, 9.17) is 23.7 Å². The molecule has 0 spiro atoms. The molecule has 4 rings (SSSR count). The molecule has 5 nitrogen and oxygen atoms in total. The normalized spacial score (nSPS) is 20.1. The van der Waals surface area contributed by atoms with Gasteiger partial charge in [0.15, 0.2) is 0 Å². The van der Waals surface area contributed by atoms with Crippen molar-refractivity contribution in [3.05, 3.63) is 70.6 Å². The predicted octanol–water partition coefficient (Wildman–Crippen LogP) is 10.3. The fourth-order valence-corrected chi connectivity index (χ4v) is 6.92. The molecule has 4 atom stereocenters. The van der Waals surface area contributed by atoms with E-state index in [1.54, 1.807) is 0 Å². The van der Waals surface area contributed by atoms with Crippen molar-refractivity contribution in [1.82, 2.24) is 0 Å². The van der Waals surface area contributed by atoms with Gasteiger partial charge in [0.05, 0.1) is 25.4 Å². The van der Waals surface area contributed by atoms with E-state index in [1.807, 2.05) is 17.4 Å². The molecular weight excluding hydrogens is 580 g/mol. The Labute approximate surface area is 276 Å². The molecule has 0 amide bonds. The van der Waals surface area contributed by atoms with Gasteiger partial charge in [-0.3, -0.25) is 0 Å². The summed E-state index contributed by atoms with van der Waals surface area (Å²) in [6.45, 7) is 16.3. The lowest BCUT2D eigenvalue weighted by Gasteiger charge is -2.42. The lowest BCUT2D eigenvalue weighted by Crippen LogP contribution is -2.48. The summed E-state index contributed by atoms with van der Waals surface area (Å²) in [4.78, 5) is 1.33. The highest BCUT2D eigenvalue weighted by Crippen LogP contribution is 2.42. The quantitative estimate of drug-likeness (QED) is 0.109. The molecular formula is C39H56O5S. The summed E-state index contributed by atoms with van der Waals surface area (Å²) in [6.07, 6.45) is 11.2. The van der Waals surface area contributed by atoms with Crippen LogP contribution in [0.2, 0.25) is 0 Å². The average Bonchev–Trinajstić information content (AvgIpc) is 3.47. The molecule has 0 aliphatic carbocycles. The second kappa shape index (κ2) is 19.4. The maximum atomic E-state index is 6.97. The molecule has 2 heterocycles. The minimum Gasteiger partial charge on any atom is -0.493 e. The van der Waals surface area contributed by atoms with Crippen molar-refractivity contribution >= 4 is 27.5 Å². The molecule has 248 valence electrons. The SMILES string of the molecule is C=Cc1cc(OCCCC)c([C@@H]2O[C@H](COCCCC)C[C@H](OCCCC)[C@H]2OCCCC)cc1Cc1cc2ccccc2s1. The molecule has 0 N–H and O–H groups in total. The number of rotatable bonds is 21. The Hall–Kier alpha value is -2.22. The van der Waals surface area contributed by atoms with Gasteiger partial charge in [0.1, 0.15) is 18.0 Å². The number of hydrogen-bond donors (Lipinski definition) is 0. The molecule has 3 aromatic rings. The van der Waals surface area contributed by atoms with Gasteiger partial charge < -0.3 is 23.7 Å². The maximum absolute atomic E-state index is 6.97. The van der Waals surface area contributed by atoms with Crippen molar-refractivity contribution in [2.75, 3.05) is 33.0 Å². The van der Waals surface area contributed by atoms with E-state index in [0.717, 1.165) is 94.3 Å². The van der Waals surface area contributed by atoms with Crippen LogP contribution in [0.15, 0.2) is 49.0 Å². The van der Waals surface area contributed by atoms with Crippen LogP contribution in [0.3, 0.4) is 0 Å². The first kappa shape index (κ1) is 35.6. The lowest BCUT2D eigenvalue weighted by atomic mass is 9.89. The van der Waals surface area contributed by atoms with Crippen LogP contribution in [-0.2, 0) is 25.4 Å². The highest BCUT2D eigenvalue weighted by Gasteiger charge is 2.42. The summed E-state index contributed by atoms with van der Waals surface area (Å²) in [5.41, 5.74) is 3.35. The molecule has 1 saturated heterocycles. The largest absolute Gasteiger partial charge is 0.493 e. The maximum Gasteiger partial charge on any atom is 0.125 e. The van der Waals surface area contributed by atoms with Crippen molar-refractivity contribution in [3.63, 3.8) is 0 Å². The Kier molecular flexibility index (Phi) is 15.4. The van der Waals surface area contributed by atoms with E-state index in [1.165, 1.54) is 20.5 Å². The molecule has 0 saturated carbocycles. The van der Waals surface area contributed by atoms with Crippen LogP contribution in [0.5, 0.6) is 5.75 Å². The smallest absolute Gasteiger partial charge is 0.125 e.